The summed E-state index contributed by atoms with van der Waals surface area (Å²) in [4.78, 5) is 11.0. The number of Topliss-reactive ketones (excluding diaryl/α,β-unsaturated/α-hetero) is 1. The van der Waals surface area contributed by atoms with E-state index >= 15 is 0 Å². The van der Waals surface area contributed by atoms with Crippen molar-refractivity contribution < 1.29 is 14.3 Å². The molecule has 1 aromatic rings. The van der Waals surface area contributed by atoms with Crippen LogP contribution in [0.1, 0.15) is 11.7 Å². The van der Waals surface area contributed by atoms with E-state index in [1.54, 1.807) is 0 Å². The van der Waals surface area contributed by atoms with E-state index in [1.165, 1.54) is 0 Å². The van der Waals surface area contributed by atoms with Gasteiger partial charge in [-0.3, -0.25) is 4.79 Å². The van der Waals surface area contributed by atoms with Crippen LogP contribution in [-0.2, 0) is 14.3 Å². The Hall–Kier alpha value is -1.19. The fourth-order valence-corrected chi connectivity index (χ4v) is 1.42. The van der Waals surface area contributed by atoms with Crippen LogP contribution in [0.25, 0.3) is 0 Å². The van der Waals surface area contributed by atoms with Crippen LogP contribution in [-0.4, -0.2) is 25.6 Å². The quantitative estimate of drug-likeness (QED) is 0.673. The molecule has 0 radical (unpaired) electrons. The molecule has 1 fully saturated rings. The lowest BCUT2D eigenvalue weighted by Gasteiger charge is -2.13. The molecule has 0 aliphatic carbocycles. The van der Waals surface area contributed by atoms with Gasteiger partial charge in [-0.25, -0.2) is 0 Å². The Morgan fingerprint density at radius 3 is 2.71 bits per heavy atom. The molecule has 0 spiro atoms. The standard InChI is InChI=1S/C11H12O3/c12-10-6-13-8-11(14-7-10)9-4-2-1-3-5-9/h1-5,11H,6-8H2. The van der Waals surface area contributed by atoms with Crippen molar-refractivity contribution in [3.63, 3.8) is 0 Å². The van der Waals surface area contributed by atoms with Crippen LogP contribution in [0.2, 0.25) is 0 Å². The van der Waals surface area contributed by atoms with Crippen molar-refractivity contribution in [1.82, 2.24) is 0 Å². The van der Waals surface area contributed by atoms with Crippen LogP contribution in [0, 0.1) is 0 Å². The van der Waals surface area contributed by atoms with E-state index in [-0.39, 0.29) is 25.1 Å². The Bertz CT molecular complexity index is 308. The fourth-order valence-electron chi connectivity index (χ4n) is 1.42. The molecule has 0 amide bonds. The van der Waals surface area contributed by atoms with E-state index in [4.69, 9.17) is 9.47 Å². The first-order chi connectivity index (χ1) is 6.86. The van der Waals surface area contributed by atoms with Crippen LogP contribution in [0.3, 0.4) is 0 Å². The predicted octanol–water partition coefficient (Wildman–Crippen LogP) is 1.34. The molecule has 74 valence electrons. The summed E-state index contributed by atoms with van der Waals surface area (Å²) in [5.74, 6) is 0.00318. The highest BCUT2D eigenvalue weighted by molar-refractivity contribution is 5.81. The lowest BCUT2D eigenvalue weighted by atomic mass is 10.1. The van der Waals surface area contributed by atoms with E-state index in [9.17, 15) is 4.79 Å². The van der Waals surface area contributed by atoms with Crippen LogP contribution < -0.4 is 0 Å². The Balaban J connectivity index is 2.08. The first-order valence-electron chi connectivity index (χ1n) is 4.62. The normalized spacial score (nSPS) is 23.1. The number of carbonyl (C=O) groups excluding carboxylic acids is 1. The Labute approximate surface area is 82.6 Å². The molecule has 2 rings (SSSR count). The summed E-state index contributed by atoms with van der Waals surface area (Å²) < 4.78 is 10.6. The van der Waals surface area contributed by atoms with Gasteiger partial charge < -0.3 is 9.47 Å². The lowest BCUT2D eigenvalue weighted by Crippen LogP contribution is -2.10. The molecule has 0 N–H and O–H groups in total. The number of carbonyl (C=O) groups is 1. The van der Waals surface area contributed by atoms with Gasteiger partial charge in [0.15, 0.2) is 5.78 Å². The minimum absolute atomic E-state index is 0.00318. The topological polar surface area (TPSA) is 35.5 Å². The first-order valence-corrected chi connectivity index (χ1v) is 4.62. The second kappa shape index (κ2) is 4.35. The number of ketones is 1. The second-order valence-electron chi connectivity index (χ2n) is 3.26. The van der Waals surface area contributed by atoms with Gasteiger partial charge in [0.1, 0.15) is 19.3 Å². The number of ether oxygens (including phenoxy) is 2. The lowest BCUT2D eigenvalue weighted by molar-refractivity contribution is -0.124. The molecule has 1 heterocycles. The molecule has 0 aromatic heterocycles. The van der Waals surface area contributed by atoms with Gasteiger partial charge in [-0.15, -0.1) is 0 Å². The van der Waals surface area contributed by atoms with Crippen molar-refractivity contribution in [2.24, 2.45) is 0 Å². The third-order valence-corrected chi connectivity index (χ3v) is 2.15. The summed E-state index contributed by atoms with van der Waals surface area (Å²) in [6.45, 7) is 0.776. The van der Waals surface area contributed by atoms with Gasteiger partial charge >= 0.3 is 0 Å². The van der Waals surface area contributed by atoms with Crippen molar-refractivity contribution in [3.05, 3.63) is 35.9 Å². The van der Waals surface area contributed by atoms with Crippen molar-refractivity contribution in [3.8, 4) is 0 Å². The van der Waals surface area contributed by atoms with Crippen molar-refractivity contribution in [2.45, 2.75) is 6.10 Å². The molecule has 0 saturated carbocycles. The zero-order chi connectivity index (χ0) is 9.80. The Morgan fingerprint density at radius 1 is 1.14 bits per heavy atom. The van der Waals surface area contributed by atoms with Gasteiger partial charge in [0.05, 0.1) is 6.61 Å². The SMILES string of the molecule is O=C1COCC(c2ccccc2)OC1. The fraction of sp³-hybridized carbons (Fsp3) is 0.364. The molecule has 3 heteroatoms. The summed E-state index contributed by atoms with van der Waals surface area (Å²) in [5.41, 5.74) is 1.06. The number of hydrogen-bond donors (Lipinski definition) is 0. The minimum atomic E-state index is -0.109. The smallest absolute Gasteiger partial charge is 0.184 e. The third kappa shape index (κ3) is 2.19. The maximum absolute atomic E-state index is 11.0. The van der Waals surface area contributed by atoms with Gasteiger partial charge in [-0.05, 0) is 5.56 Å². The molecule has 1 aliphatic heterocycles. The van der Waals surface area contributed by atoms with E-state index in [2.05, 4.69) is 0 Å². The molecular formula is C11H12O3. The van der Waals surface area contributed by atoms with Crippen LogP contribution in [0.15, 0.2) is 30.3 Å². The van der Waals surface area contributed by atoms with Crippen molar-refractivity contribution >= 4 is 5.78 Å². The maximum atomic E-state index is 11.0. The van der Waals surface area contributed by atoms with E-state index in [0.717, 1.165) is 5.56 Å². The van der Waals surface area contributed by atoms with Gasteiger partial charge in [-0.2, -0.15) is 0 Å². The molecule has 1 aliphatic rings. The van der Waals surface area contributed by atoms with E-state index < -0.39 is 0 Å². The number of rotatable bonds is 1. The van der Waals surface area contributed by atoms with Gasteiger partial charge in [-0.1, -0.05) is 30.3 Å². The largest absolute Gasteiger partial charge is 0.371 e. The Kier molecular flexibility index (Phi) is 2.91. The first kappa shape index (κ1) is 9.37. The van der Waals surface area contributed by atoms with Crippen LogP contribution in [0.4, 0.5) is 0 Å². The average Bonchev–Trinajstić information content (AvgIpc) is 2.44. The summed E-state index contributed by atoms with van der Waals surface area (Å²) in [6, 6.07) is 9.80. The van der Waals surface area contributed by atoms with Gasteiger partial charge in [0.25, 0.3) is 0 Å². The zero-order valence-electron chi connectivity index (χ0n) is 7.81. The summed E-state index contributed by atoms with van der Waals surface area (Å²) in [7, 11) is 0. The summed E-state index contributed by atoms with van der Waals surface area (Å²) >= 11 is 0. The third-order valence-electron chi connectivity index (χ3n) is 2.15. The van der Waals surface area contributed by atoms with Gasteiger partial charge in [0.2, 0.25) is 0 Å². The molecular weight excluding hydrogens is 180 g/mol. The average molecular weight is 192 g/mol. The summed E-state index contributed by atoms with van der Waals surface area (Å²) in [6.07, 6.45) is -0.109. The van der Waals surface area contributed by atoms with Crippen LogP contribution >= 0.6 is 0 Å². The van der Waals surface area contributed by atoms with E-state index in [1.807, 2.05) is 30.3 Å². The minimum Gasteiger partial charge on any atom is -0.371 e. The maximum Gasteiger partial charge on any atom is 0.184 e. The highest BCUT2D eigenvalue weighted by Gasteiger charge is 2.18. The van der Waals surface area contributed by atoms with E-state index in [0.29, 0.717) is 6.61 Å². The second-order valence-corrected chi connectivity index (χ2v) is 3.26. The highest BCUT2D eigenvalue weighted by Crippen LogP contribution is 2.18. The predicted molar refractivity (Wildman–Crippen MR) is 51.0 cm³/mol. The number of hydrogen-bond acceptors (Lipinski definition) is 3. The van der Waals surface area contributed by atoms with Crippen molar-refractivity contribution in [1.29, 1.82) is 0 Å². The monoisotopic (exact) mass is 192 g/mol. The molecule has 14 heavy (non-hydrogen) atoms. The van der Waals surface area contributed by atoms with Crippen LogP contribution in [0.5, 0.6) is 0 Å². The number of benzene rings is 1. The molecule has 3 nitrogen and oxygen atoms in total. The zero-order valence-corrected chi connectivity index (χ0v) is 7.81. The highest BCUT2D eigenvalue weighted by atomic mass is 16.5. The molecule has 1 unspecified atom stereocenters. The molecule has 1 atom stereocenters. The van der Waals surface area contributed by atoms with Gasteiger partial charge in [0, 0.05) is 0 Å². The molecule has 1 aromatic carbocycles. The molecule has 1 saturated heterocycles. The summed E-state index contributed by atoms with van der Waals surface area (Å²) in [5, 5.41) is 0. The molecule has 0 bridgehead atoms. The van der Waals surface area contributed by atoms with Crippen molar-refractivity contribution in [2.75, 3.05) is 19.8 Å². The Morgan fingerprint density at radius 2 is 1.93 bits per heavy atom.